The Labute approximate surface area is 104 Å². The van der Waals surface area contributed by atoms with Gasteiger partial charge in [0.1, 0.15) is 4.47 Å². The molecule has 0 unspecified atom stereocenters. The number of nitrogens with zero attached hydrogens (tertiary/aromatic N) is 2. The first-order valence-corrected chi connectivity index (χ1v) is 7.26. The normalized spacial score (nSPS) is 11.7. The lowest BCUT2D eigenvalue weighted by Crippen LogP contribution is -2.31. The van der Waals surface area contributed by atoms with Crippen LogP contribution in [-0.4, -0.2) is 23.4 Å². The number of hydrogen-bond acceptors (Lipinski definition) is 4. The number of aromatic nitrogens is 2. The summed E-state index contributed by atoms with van der Waals surface area (Å²) in [6.45, 7) is 1.72. The van der Waals surface area contributed by atoms with E-state index in [1.807, 2.05) is 0 Å². The van der Waals surface area contributed by atoms with Crippen molar-refractivity contribution in [3.8, 4) is 0 Å². The van der Waals surface area contributed by atoms with E-state index in [1.165, 1.54) is 6.20 Å². The zero-order valence-corrected chi connectivity index (χ0v) is 11.8. The molecular formula is C7H8Br2N2O3S. The van der Waals surface area contributed by atoms with Gasteiger partial charge in [0.2, 0.25) is 0 Å². The molecule has 0 saturated carbocycles. The molecule has 8 heteroatoms. The summed E-state index contributed by atoms with van der Waals surface area (Å²) in [6.07, 6.45) is 1.70. The molecule has 0 radical (unpaired) electrons. The van der Waals surface area contributed by atoms with Gasteiger partial charge in [-0.2, -0.15) is 5.10 Å². The first-order chi connectivity index (χ1) is 6.90. The van der Waals surface area contributed by atoms with Gasteiger partial charge >= 0.3 is 0 Å². The van der Waals surface area contributed by atoms with Gasteiger partial charge in [-0.3, -0.25) is 4.79 Å². The van der Waals surface area contributed by atoms with Crippen LogP contribution in [0.2, 0.25) is 0 Å². The van der Waals surface area contributed by atoms with Crippen molar-refractivity contribution in [2.24, 2.45) is 0 Å². The van der Waals surface area contributed by atoms with Gasteiger partial charge in [0, 0.05) is 0 Å². The fourth-order valence-corrected chi connectivity index (χ4v) is 2.81. The Morgan fingerprint density at radius 3 is 2.60 bits per heavy atom. The van der Waals surface area contributed by atoms with E-state index < -0.39 is 15.6 Å². The molecule has 0 atom stereocenters. The molecule has 1 rings (SSSR count). The van der Waals surface area contributed by atoms with E-state index in [0.29, 0.717) is 15.0 Å². The Balaban J connectivity index is 3.42. The molecule has 0 aliphatic rings. The third-order valence-electron chi connectivity index (χ3n) is 1.57. The Kier molecular flexibility index (Phi) is 4.07. The molecule has 0 spiro atoms. The quantitative estimate of drug-likeness (QED) is 0.817. The molecule has 0 fully saturated rings. The van der Waals surface area contributed by atoms with Crippen LogP contribution in [0.15, 0.2) is 19.9 Å². The van der Waals surface area contributed by atoms with Crippen LogP contribution >= 0.6 is 31.9 Å². The van der Waals surface area contributed by atoms with Gasteiger partial charge in [0.05, 0.1) is 16.4 Å². The Morgan fingerprint density at radius 1 is 1.47 bits per heavy atom. The van der Waals surface area contributed by atoms with Crippen LogP contribution in [-0.2, 0) is 10.0 Å². The maximum Gasteiger partial charge on any atom is 0.296 e. The van der Waals surface area contributed by atoms with Gasteiger partial charge in [-0.25, -0.2) is 8.42 Å². The summed E-state index contributed by atoms with van der Waals surface area (Å²) in [5, 5.41) is 3.57. The second-order valence-corrected chi connectivity index (χ2v) is 6.34. The lowest BCUT2D eigenvalue weighted by molar-refractivity contribution is 0.573. The molecule has 0 amide bonds. The topological polar surface area (TPSA) is 69.0 Å². The fourth-order valence-electron chi connectivity index (χ4n) is 0.941. The molecule has 0 saturated heterocycles. The smallest absolute Gasteiger partial charge is 0.265 e. The molecule has 0 aromatic carbocycles. The molecule has 0 aliphatic heterocycles. The fraction of sp³-hybridized carbons (Fsp3) is 0.429. The molecule has 0 aliphatic carbocycles. The molecule has 1 aromatic heterocycles. The average Bonchev–Trinajstić information content (AvgIpc) is 2.13. The van der Waals surface area contributed by atoms with E-state index in [0.717, 1.165) is 0 Å². The summed E-state index contributed by atoms with van der Waals surface area (Å²) < 4.78 is 24.2. The van der Waals surface area contributed by atoms with E-state index in [-0.39, 0.29) is 10.2 Å². The molecule has 5 nitrogen and oxygen atoms in total. The van der Waals surface area contributed by atoms with Crippen molar-refractivity contribution >= 4 is 41.9 Å². The summed E-state index contributed by atoms with van der Waals surface area (Å²) in [4.78, 5) is 11.6. The maximum absolute atomic E-state index is 11.6. The van der Waals surface area contributed by atoms with Crippen LogP contribution in [0.4, 0.5) is 0 Å². The van der Waals surface area contributed by atoms with Gasteiger partial charge in [-0.05, 0) is 38.3 Å². The van der Waals surface area contributed by atoms with Crippen LogP contribution in [0.25, 0.3) is 0 Å². The van der Waals surface area contributed by atoms with Crippen molar-refractivity contribution < 1.29 is 8.42 Å². The predicted octanol–water partition coefficient (Wildman–Crippen LogP) is 1.36. The first kappa shape index (κ1) is 12.9. The summed E-state index contributed by atoms with van der Waals surface area (Å²) >= 11 is 6.06. The van der Waals surface area contributed by atoms with Crippen LogP contribution in [0.1, 0.15) is 13.3 Å². The minimum Gasteiger partial charge on any atom is -0.265 e. The lowest BCUT2D eigenvalue weighted by Gasteiger charge is -2.05. The van der Waals surface area contributed by atoms with Crippen molar-refractivity contribution in [2.45, 2.75) is 13.3 Å². The van der Waals surface area contributed by atoms with E-state index >= 15 is 0 Å². The summed E-state index contributed by atoms with van der Waals surface area (Å²) in [5.74, 6) is -0.103. The Morgan fingerprint density at radius 2 is 2.07 bits per heavy atom. The minimum atomic E-state index is -3.64. The Bertz CT molecular complexity index is 524. The maximum atomic E-state index is 11.6. The largest absolute Gasteiger partial charge is 0.296 e. The summed E-state index contributed by atoms with van der Waals surface area (Å²) in [5.41, 5.74) is -0.683. The predicted molar refractivity (Wildman–Crippen MR) is 63.4 cm³/mol. The lowest BCUT2D eigenvalue weighted by atomic mass is 10.6. The number of halogens is 2. The van der Waals surface area contributed by atoms with Gasteiger partial charge < -0.3 is 0 Å². The summed E-state index contributed by atoms with van der Waals surface area (Å²) in [7, 11) is -3.64. The molecule has 1 heterocycles. The van der Waals surface area contributed by atoms with E-state index in [4.69, 9.17) is 0 Å². The van der Waals surface area contributed by atoms with Crippen molar-refractivity contribution in [3.63, 3.8) is 0 Å². The third-order valence-corrected chi connectivity index (χ3v) is 5.18. The van der Waals surface area contributed by atoms with Gasteiger partial charge in [0.25, 0.3) is 15.6 Å². The zero-order valence-electron chi connectivity index (χ0n) is 7.77. The molecule has 0 bridgehead atoms. The van der Waals surface area contributed by atoms with E-state index in [1.54, 1.807) is 6.92 Å². The van der Waals surface area contributed by atoms with Gasteiger partial charge in [0.15, 0.2) is 0 Å². The van der Waals surface area contributed by atoms with Gasteiger partial charge in [-0.15, -0.1) is 4.09 Å². The van der Waals surface area contributed by atoms with Crippen molar-refractivity contribution in [1.82, 2.24) is 9.19 Å². The van der Waals surface area contributed by atoms with Gasteiger partial charge in [-0.1, -0.05) is 6.92 Å². The molecule has 0 N–H and O–H groups in total. The van der Waals surface area contributed by atoms with Crippen molar-refractivity contribution in [3.05, 3.63) is 25.5 Å². The molecular weight excluding hydrogens is 352 g/mol. The Hall–Kier alpha value is -0.210. The number of rotatable bonds is 3. The highest BCUT2D eigenvalue weighted by Gasteiger charge is 2.17. The standard InChI is InChI=1S/C7H8Br2N2O3S/c1-2-3-15(13,14)11-7(12)6(9)5(8)4-10-11/h4H,2-3H2,1H3. The number of hydrogen-bond donors (Lipinski definition) is 0. The summed E-state index contributed by atoms with van der Waals surface area (Å²) in [6, 6.07) is 0. The average molecular weight is 360 g/mol. The van der Waals surface area contributed by atoms with E-state index in [9.17, 15) is 13.2 Å². The van der Waals surface area contributed by atoms with Crippen LogP contribution in [0.5, 0.6) is 0 Å². The van der Waals surface area contributed by atoms with Crippen molar-refractivity contribution in [2.75, 3.05) is 5.75 Å². The highest BCUT2D eigenvalue weighted by Crippen LogP contribution is 2.16. The molecule has 84 valence electrons. The molecule has 1 aromatic rings. The van der Waals surface area contributed by atoms with Crippen LogP contribution < -0.4 is 5.56 Å². The van der Waals surface area contributed by atoms with Crippen molar-refractivity contribution in [1.29, 1.82) is 0 Å². The minimum absolute atomic E-state index is 0.103. The zero-order chi connectivity index (χ0) is 11.6. The third kappa shape index (κ3) is 2.67. The SMILES string of the molecule is CCCS(=O)(=O)n1ncc(Br)c(Br)c1=O. The van der Waals surface area contributed by atoms with Crippen LogP contribution in [0, 0.1) is 0 Å². The highest BCUT2D eigenvalue weighted by molar-refractivity contribution is 9.13. The highest BCUT2D eigenvalue weighted by atomic mass is 79.9. The second kappa shape index (κ2) is 4.75. The van der Waals surface area contributed by atoms with E-state index in [2.05, 4.69) is 37.0 Å². The first-order valence-electron chi connectivity index (χ1n) is 4.06. The monoisotopic (exact) mass is 358 g/mol. The second-order valence-electron chi connectivity index (χ2n) is 2.77. The van der Waals surface area contributed by atoms with Crippen LogP contribution in [0.3, 0.4) is 0 Å². The molecule has 15 heavy (non-hydrogen) atoms.